The Morgan fingerprint density at radius 1 is 1.47 bits per heavy atom. The molecule has 1 fully saturated rings. The second-order valence-electron chi connectivity index (χ2n) is 4.60. The Balaban J connectivity index is 2.77. The number of nitrogens with two attached hydrogens (primary N) is 1. The summed E-state index contributed by atoms with van der Waals surface area (Å²) in [5, 5.41) is 0. The third-order valence-corrected chi connectivity index (χ3v) is 5.15. The van der Waals surface area contributed by atoms with Crippen LogP contribution >= 0.6 is 12.2 Å². The van der Waals surface area contributed by atoms with Gasteiger partial charge in [-0.1, -0.05) is 26.1 Å². The van der Waals surface area contributed by atoms with Crippen molar-refractivity contribution in [1.29, 1.82) is 0 Å². The summed E-state index contributed by atoms with van der Waals surface area (Å²) in [6, 6.07) is 0. The fraction of sp³-hybridized carbons (Fsp3) is 0.889. The van der Waals surface area contributed by atoms with Gasteiger partial charge in [-0.05, 0) is 12.8 Å². The van der Waals surface area contributed by atoms with Crippen molar-refractivity contribution in [1.82, 2.24) is 4.31 Å². The van der Waals surface area contributed by atoms with Crippen molar-refractivity contribution in [3.8, 4) is 0 Å². The van der Waals surface area contributed by atoms with Gasteiger partial charge in [0.25, 0.3) is 0 Å². The lowest BCUT2D eigenvalue weighted by atomic mass is 9.93. The van der Waals surface area contributed by atoms with Crippen molar-refractivity contribution in [2.75, 3.05) is 18.8 Å². The maximum atomic E-state index is 11.7. The first kappa shape index (κ1) is 12.9. The average Bonchev–Trinajstić information content (AvgIpc) is 2.08. The van der Waals surface area contributed by atoms with Crippen LogP contribution in [-0.4, -0.2) is 36.6 Å². The van der Waals surface area contributed by atoms with Gasteiger partial charge in [-0.25, -0.2) is 12.7 Å². The quantitative estimate of drug-likeness (QED) is 0.750. The average molecular weight is 250 g/mol. The van der Waals surface area contributed by atoms with Crippen LogP contribution in [0.3, 0.4) is 0 Å². The van der Waals surface area contributed by atoms with Gasteiger partial charge in [-0.15, -0.1) is 0 Å². The zero-order chi connectivity index (χ0) is 11.7. The molecule has 0 amide bonds. The van der Waals surface area contributed by atoms with Crippen LogP contribution in [0.2, 0.25) is 0 Å². The first-order chi connectivity index (χ1) is 6.76. The van der Waals surface area contributed by atoms with E-state index in [4.69, 9.17) is 18.0 Å². The zero-order valence-corrected chi connectivity index (χ0v) is 10.8. The molecule has 0 aromatic rings. The number of sulfonamides is 1. The van der Waals surface area contributed by atoms with Crippen molar-refractivity contribution in [3.05, 3.63) is 0 Å². The lowest BCUT2D eigenvalue weighted by Gasteiger charge is -2.33. The lowest BCUT2D eigenvalue weighted by Crippen LogP contribution is -2.47. The van der Waals surface area contributed by atoms with Crippen molar-refractivity contribution in [2.45, 2.75) is 26.7 Å². The fourth-order valence-electron chi connectivity index (χ4n) is 1.54. The van der Waals surface area contributed by atoms with E-state index in [9.17, 15) is 8.42 Å². The highest BCUT2D eigenvalue weighted by molar-refractivity contribution is 7.89. The van der Waals surface area contributed by atoms with E-state index in [2.05, 4.69) is 0 Å². The standard InChI is InChI=1S/C9H18N2O2S2/c1-9(2,8(10)14)7-11-5-3-4-6-15(11,12)13/h3-7H2,1-2H3,(H2,10,14). The normalized spacial score (nSPS) is 22.5. The van der Waals surface area contributed by atoms with E-state index in [1.54, 1.807) is 0 Å². The van der Waals surface area contributed by atoms with Gasteiger partial charge in [0.15, 0.2) is 0 Å². The molecule has 0 atom stereocenters. The maximum absolute atomic E-state index is 11.7. The predicted molar refractivity (Wildman–Crippen MR) is 65.2 cm³/mol. The minimum atomic E-state index is -3.07. The molecule has 2 N–H and O–H groups in total. The lowest BCUT2D eigenvalue weighted by molar-refractivity contribution is 0.314. The van der Waals surface area contributed by atoms with Crippen LogP contribution < -0.4 is 5.73 Å². The highest BCUT2D eigenvalue weighted by Crippen LogP contribution is 2.22. The third-order valence-electron chi connectivity index (χ3n) is 2.69. The number of hydrogen-bond donors (Lipinski definition) is 1. The molecule has 15 heavy (non-hydrogen) atoms. The highest BCUT2D eigenvalue weighted by atomic mass is 32.2. The maximum Gasteiger partial charge on any atom is 0.214 e. The summed E-state index contributed by atoms with van der Waals surface area (Å²) in [4.78, 5) is 0.364. The van der Waals surface area contributed by atoms with Gasteiger partial charge in [-0.2, -0.15) is 0 Å². The smallest absolute Gasteiger partial charge is 0.214 e. The van der Waals surface area contributed by atoms with E-state index in [1.807, 2.05) is 13.8 Å². The summed E-state index contributed by atoms with van der Waals surface area (Å²) < 4.78 is 25.0. The minimum absolute atomic E-state index is 0.250. The summed E-state index contributed by atoms with van der Waals surface area (Å²) in [6.07, 6.45) is 1.68. The summed E-state index contributed by atoms with van der Waals surface area (Å²) in [7, 11) is -3.07. The van der Waals surface area contributed by atoms with Gasteiger partial charge >= 0.3 is 0 Å². The van der Waals surface area contributed by atoms with Crippen molar-refractivity contribution in [3.63, 3.8) is 0 Å². The van der Waals surface area contributed by atoms with Crippen LogP contribution in [0.5, 0.6) is 0 Å². The van der Waals surface area contributed by atoms with E-state index in [0.29, 0.717) is 18.1 Å². The summed E-state index contributed by atoms with van der Waals surface area (Å²) in [5.74, 6) is 0.250. The van der Waals surface area contributed by atoms with Crippen molar-refractivity contribution >= 4 is 27.2 Å². The number of rotatable bonds is 3. The van der Waals surface area contributed by atoms with Gasteiger partial charge < -0.3 is 5.73 Å². The molecule has 1 saturated heterocycles. The molecule has 0 saturated carbocycles. The Labute approximate surface area is 96.9 Å². The SMILES string of the molecule is CC(C)(CN1CCCCS1(=O)=O)C(N)=S. The Kier molecular flexibility index (Phi) is 3.73. The van der Waals surface area contributed by atoms with Crippen molar-refractivity contribution < 1.29 is 8.42 Å². The molecule has 1 aliphatic rings. The highest BCUT2D eigenvalue weighted by Gasteiger charge is 2.32. The molecule has 1 heterocycles. The molecule has 0 spiro atoms. The molecule has 0 aromatic heterocycles. The Morgan fingerprint density at radius 2 is 2.07 bits per heavy atom. The molecule has 0 aliphatic carbocycles. The molecule has 0 bridgehead atoms. The van der Waals surface area contributed by atoms with E-state index >= 15 is 0 Å². The number of thiocarbonyl (C=S) groups is 1. The molecule has 88 valence electrons. The molecule has 1 rings (SSSR count). The minimum Gasteiger partial charge on any atom is -0.393 e. The molecule has 0 aromatic carbocycles. The van der Waals surface area contributed by atoms with Gasteiger partial charge in [0.05, 0.1) is 10.7 Å². The second kappa shape index (κ2) is 4.35. The molecule has 1 aliphatic heterocycles. The van der Waals surface area contributed by atoms with Crippen LogP contribution in [0, 0.1) is 5.41 Å². The predicted octanol–water partition coefficient (Wildman–Crippen LogP) is 0.724. The monoisotopic (exact) mass is 250 g/mol. The molecule has 0 radical (unpaired) electrons. The number of hydrogen-bond acceptors (Lipinski definition) is 3. The van der Waals surface area contributed by atoms with E-state index < -0.39 is 15.4 Å². The van der Waals surface area contributed by atoms with E-state index in [0.717, 1.165) is 12.8 Å². The van der Waals surface area contributed by atoms with Gasteiger partial charge in [0, 0.05) is 18.5 Å². The van der Waals surface area contributed by atoms with Crippen LogP contribution in [0.25, 0.3) is 0 Å². The fourth-order valence-corrected chi connectivity index (χ4v) is 3.36. The summed E-state index contributed by atoms with van der Waals surface area (Å²) >= 11 is 4.93. The van der Waals surface area contributed by atoms with Crippen molar-refractivity contribution in [2.24, 2.45) is 11.1 Å². The van der Waals surface area contributed by atoms with Gasteiger partial charge in [0.2, 0.25) is 10.0 Å². The second-order valence-corrected chi connectivity index (χ2v) is 7.13. The largest absolute Gasteiger partial charge is 0.393 e. The van der Waals surface area contributed by atoms with Crippen LogP contribution in [-0.2, 0) is 10.0 Å². The van der Waals surface area contributed by atoms with Crippen LogP contribution in [0.15, 0.2) is 0 Å². The van der Waals surface area contributed by atoms with E-state index in [-0.39, 0.29) is 5.75 Å². The topological polar surface area (TPSA) is 63.4 Å². The van der Waals surface area contributed by atoms with Crippen LogP contribution in [0.4, 0.5) is 0 Å². The molecule has 4 nitrogen and oxygen atoms in total. The zero-order valence-electron chi connectivity index (χ0n) is 9.19. The first-order valence-electron chi connectivity index (χ1n) is 5.03. The molecule has 0 unspecified atom stereocenters. The summed E-state index contributed by atoms with van der Waals surface area (Å²) in [6.45, 7) is 4.73. The van der Waals surface area contributed by atoms with E-state index in [1.165, 1.54) is 4.31 Å². The first-order valence-corrected chi connectivity index (χ1v) is 7.05. The summed E-state index contributed by atoms with van der Waals surface area (Å²) in [5.41, 5.74) is 5.16. The number of nitrogens with zero attached hydrogens (tertiary/aromatic N) is 1. The van der Waals surface area contributed by atoms with Gasteiger partial charge in [-0.3, -0.25) is 0 Å². The Hall–Kier alpha value is -0.200. The molecule has 6 heteroatoms. The Morgan fingerprint density at radius 3 is 2.53 bits per heavy atom. The third kappa shape index (κ3) is 3.12. The van der Waals surface area contributed by atoms with Crippen LogP contribution in [0.1, 0.15) is 26.7 Å². The molecular formula is C9H18N2O2S2. The van der Waals surface area contributed by atoms with Gasteiger partial charge in [0.1, 0.15) is 0 Å². The Bertz CT molecular complexity index is 349. The molecular weight excluding hydrogens is 232 g/mol.